The van der Waals surface area contributed by atoms with Gasteiger partial charge in [0.25, 0.3) is 11.8 Å². The largest absolute Gasteiger partial charge is 0.349 e. The monoisotopic (exact) mass is 328 g/mol. The van der Waals surface area contributed by atoms with Gasteiger partial charge < -0.3 is 10.6 Å². The van der Waals surface area contributed by atoms with E-state index >= 15 is 0 Å². The van der Waals surface area contributed by atoms with Gasteiger partial charge >= 0.3 is 0 Å². The molecule has 1 aromatic carbocycles. The summed E-state index contributed by atoms with van der Waals surface area (Å²) in [5.41, 5.74) is 1.07. The molecule has 3 rings (SSSR count). The van der Waals surface area contributed by atoms with E-state index in [-0.39, 0.29) is 23.6 Å². The summed E-state index contributed by atoms with van der Waals surface area (Å²) in [5, 5.41) is 5.67. The number of benzene rings is 1. The Hall–Kier alpha value is -2.47. The van der Waals surface area contributed by atoms with E-state index in [1.54, 1.807) is 36.4 Å². The van der Waals surface area contributed by atoms with Crippen LogP contribution in [-0.2, 0) is 0 Å². The van der Waals surface area contributed by atoms with Crippen molar-refractivity contribution in [2.45, 2.75) is 25.8 Å². The molecule has 0 unspecified atom stereocenters. The van der Waals surface area contributed by atoms with Crippen LogP contribution in [0.15, 0.2) is 36.4 Å². The molecule has 2 amide bonds. The molecule has 1 fully saturated rings. The maximum Gasteiger partial charge on any atom is 0.265 e. The molecule has 0 spiro atoms. The van der Waals surface area contributed by atoms with Crippen molar-refractivity contribution >= 4 is 34.6 Å². The Labute approximate surface area is 137 Å². The Morgan fingerprint density at radius 1 is 1.04 bits per heavy atom. The molecule has 118 valence electrons. The summed E-state index contributed by atoms with van der Waals surface area (Å²) in [6, 6.07) is 10.4. The molecule has 0 atom stereocenters. The molecule has 1 saturated carbocycles. The van der Waals surface area contributed by atoms with Crippen LogP contribution in [0, 0.1) is 0 Å². The van der Waals surface area contributed by atoms with E-state index in [0.29, 0.717) is 21.0 Å². The van der Waals surface area contributed by atoms with E-state index in [9.17, 15) is 14.4 Å². The number of hydrogen-bond donors (Lipinski definition) is 2. The van der Waals surface area contributed by atoms with Gasteiger partial charge in [-0.15, -0.1) is 11.3 Å². The van der Waals surface area contributed by atoms with Crippen LogP contribution in [0.3, 0.4) is 0 Å². The minimum Gasteiger partial charge on any atom is -0.349 e. The second-order valence-corrected chi connectivity index (χ2v) is 6.59. The van der Waals surface area contributed by atoms with Crippen molar-refractivity contribution in [3.63, 3.8) is 0 Å². The number of amides is 2. The maximum atomic E-state index is 12.2. The van der Waals surface area contributed by atoms with Crippen molar-refractivity contribution in [3.05, 3.63) is 51.7 Å². The van der Waals surface area contributed by atoms with Gasteiger partial charge in [0, 0.05) is 17.3 Å². The highest BCUT2D eigenvalue weighted by Gasteiger charge is 2.23. The van der Waals surface area contributed by atoms with E-state index in [0.717, 1.165) is 24.2 Å². The predicted molar refractivity (Wildman–Crippen MR) is 89.2 cm³/mol. The van der Waals surface area contributed by atoms with E-state index < -0.39 is 0 Å². The summed E-state index contributed by atoms with van der Waals surface area (Å²) in [7, 11) is 0. The lowest BCUT2D eigenvalue weighted by molar-refractivity contribution is 0.0949. The first kappa shape index (κ1) is 15.4. The van der Waals surface area contributed by atoms with Gasteiger partial charge in [-0.2, -0.15) is 0 Å². The average molecular weight is 328 g/mol. The van der Waals surface area contributed by atoms with Crippen LogP contribution in [0.4, 0.5) is 5.69 Å². The molecule has 1 aliphatic rings. The zero-order valence-electron chi connectivity index (χ0n) is 12.6. The Morgan fingerprint density at radius 3 is 2.43 bits per heavy atom. The molecule has 1 aliphatic carbocycles. The Kier molecular flexibility index (Phi) is 4.25. The molecule has 0 radical (unpaired) electrons. The summed E-state index contributed by atoms with van der Waals surface area (Å²) < 4.78 is 0. The first-order valence-electron chi connectivity index (χ1n) is 7.36. The van der Waals surface area contributed by atoms with Gasteiger partial charge in [-0.3, -0.25) is 14.4 Å². The van der Waals surface area contributed by atoms with E-state index in [2.05, 4.69) is 10.6 Å². The van der Waals surface area contributed by atoms with Gasteiger partial charge in [-0.1, -0.05) is 6.07 Å². The van der Waals surface area contributed by atoms with Crippen LogP contribution in [-0.4, -0.2) is 23.6 Å². The highest BCUT2D eigenvalue weighted by atomic mass is 32.1. The summed E-state index contributed by atoms with van der Waals surface area (Å²) in [5.74, 6) is -0.478. The lowest BCUT2D eigenvalue weighted by Gasteiger charge is -2.07. The lowest BCUT2D eigenvalue weighted by atomic mass is 10.2. The van der Waals surface area contributed by atoms with Crippen LogP contribution < -0.4 is 10.6 Å². The third-order valence-corrected chi connectivity index (χ3v) is 4.66. The molecule has 2 aromatic rings. The second-order valence-electron chi connectivity index (χ2n) is 5.50. The maximum absolute atomic E-state index is 12.2. The van der Waals surface area contributed by atoms with Gasteiger partial charge in [0.2, 0.25) is 0 Å². The third kappa shape index (κ3) is 3.84. The Bertz CT molecular complexity index is 778. The number of carbonyl (C=O) groups is 3. The molecule has 0 bridgehead atoms. The smallest absolute Gasteiger partial charge is 0.265 e. The molecule has 0 aliphatic heterocycles. The first-order chi connectivity index (χ1) is 11.0. The van der Waals surface area contributed by atoms with Crippen molar-refractivity contribution in [1.82, 2.24) is 5.32 Å². The standard InChI is InChI=1S/C17H16N2O3S/c1-10(20)14-7-8-15(23-14)17(22)19-13-4-2-3-11(9-13)16(21)18-12-5-6-12/h2-4,7-9,12H,5-6H2,1H3,(H,18,21)(H,19,22). The second kappa shape index (κ2) is 6.34. The Morgan fingerprint density at radius 2 is 1.78 bits per heavy atom. The van der Waals surface area contributed by atoms with E-state index in [4.69, 9.17) is 0 Å². The summed E-state index contributed by atoms with van der Waals surface area (Å²) in [4.78, 5) is 36.5. The number of nitrogens with one attached hydrogen (secondary N) is 2. The molecular weight excluding hydrogens is 312 g/mol. The Balaban J connectivity index is 1.70. The van der Waals surface area contributed by atoms with Gasteiger partial charge in [-0.25, -0.2) is 0 Å². The van der Waals surface area contributed by atoms with E-state index in [1.165, 1.54) is 6.92 Å². The quantitative estimate of drug-likeness (QED) is 0.828. The van der Waals surface area contributed by atoms with Crippen molar-refractivity contribution in [1.29, 1.82) is 0 Å². The van der Waals surface area contributed by atoms with Gasteiger partial charge in [0.05, 0.1) is 9.75 Å². The van der Waals surface area contributed by atoms with Crippen LogP contribution in [0.2, 0.25) is 0 Å². The summed E-state index contributed by atoms with van der Waals surface area (Å²) >= 11 is 1.15. The zero-order valence-corrected chi connectivity index (χ0v) is 13.4. The van der Waals surface area contributed by atoms with Crippen molar-refractivity contribution < 1.29 is 14.4 Å². The van der Waals surface area contributed by atoms with Crippen molar-refractivity contribution in [2.75, 3.05) is 5.32 Å². The normalized spacial score (nSPS) is 13.4. The first-order valence-corrected chi connectivity index (χ1v) is 8.17. The fourth-order valence-electron chi connectivity index (χ4n) is 2.08. The van der Waals surface area contributed by atoms with Crippen molar-refractivity contribution in [2.24, 2.45) is 0 Å². The van der Waals surface area contributed by atoms with Crippen LogP contribution in [0.25, 0.3) is 0 Å². The highest BCUT2D eigenvalue weighted by molar-refractivity contribution is 7.16. The van der Waals surface area contributed by atoms with Crippen molar-refractivity contribution in [3.8, 4) is 0 Å². The number of hydrogen-bond acceptors (Lipinski definition) is 4. The molecule has 5 nitrogen and oxygen atoms in total. The molecule has 23 heavy (non-hydrogen) atoms. The van der Waals surface area contributed by atoms with Gasteiger partial charge in [-0.05, 0) is 50.1 Å². The number of rotatable bonds is 5. The third-order valence-electron chi connectivity index (χ3n) is 3.47. The van der Waals surface area contributed by atoms with Crippen LogP contribution >= 0.6 is 11.3 Å². The fourth-order valence-corrected chi connectivity index (χ4v) is 2.87. The number of carbonyl (C=O) groups excluding carboxylic acids is 3. The molecule has 0 saturated heterocycles. The predicted octanol–water partition coefficient (Wildman–Crippen LogP) is 3.10. The average Bonchev–Trinajstić information content (AvgIpc) is 3.18. The number of ketones is 1. The number of Topliss-reactive ketones (excluding diaryl/α,β-unsaturated/α-hetero) is 1. The highest BCUT2D eigenvalue weighted by Crippen LogP contribution is 2.21. The van der Waals surface area contributed by atoms with Crippen LogP contribution in [0.5, 0.6) is 0 Å². The molecule has 1 aromatic heterocycles. The van der Waals surface area contributed by atoms with Crippen LogP contribution in [0.1, 0.15) is 49.5 Å². The zero-order chi connectivity index (χ0) is 16.4. The SMILES string of the molecule is CC(=O)c1ccc(C(=O)Nc2cccc(C(=O)NC3CC3)c2)s1. The number of thiophene rings is 1. The summed E-state index contributed by atoms with van der Waals surface area (Å²) in [6.07, 6.45) is 2.05. The molecule has 6 heteroatoms. The van der Waals surface area contributed by atoms with Gasteiger partial charge in [0.1, 0.15) is 0 Å². The fraction of sp³-hybridized carbons (Fsp3) is 0.235. The minimum atomic E-state index is -0.290. The number of anilines is 1. The minimum absolute atomic E-state index is 0.0622. The van der Waals surface area contributed by atoms with Gasteiger partial charge in [0.15, 0.2) is 5.78 Å². The molecular formula is C17H16N2O3S. The van der Waals surface area contributed by atoms with E-state index in [1.807, 2.05) is 0 Å². The molecule has 2 N–H and O–H groups in total. The lowest BCUT2D eigenvalue weighted by Crippen LogP contribution is -2.25. The topological polar surface area (TPSA) is 75.3 Å². The summed E-state index contributed by atoms with van der Waals surface area (Å²) in [6.45, 7) is 1.47. The molecule has 1 heterocycles.